The second-order valence-electron chi connectivity index (χ2n) is 3.46. The zero-order valence-electron chi connectivity index (χ0n) is 9.48. The van der Waals surface area contributed by atoms with Crippen molar-refractivity contribution >= 4 is 11.6 Å². The van der Waals surface area contributed by atoms with Crippen LogP contribution in [0, 0.1) is 0 Å². The number of nitrogens with zero attached hydrogens (tertiary/aromatic N) is 2. The summed E-state index contributed by atoms with van der Waals surface area (Å²) in [7, 11) is 3.37. The average Bonchev–Trinajstić information content (AvgIpc) is 2.89. The standard InChI is InChI=1S/C10H13ClN4O2/c1-15-10(7(16-2)5-13-15)9(14-12)6-3-4-8(11)17-6/h3-5,9,14H,12H2,1-2H3. The fourth-order valence-corrected chi connectivity index (χ4v) is 1.84. The van der Waals surface area contributed by atoms with Crippen molar-refractivity contribution in [2.75, 3.05) is 7.11 Å². The van der Waals surface area contributed by atoms with Gasteiger partial charge in [0.25, 0.3) is 0 Å². The van der Waals surface area contributed by atoms with Crippen LogP contribution in [0.4, 0.5) is 0 Å². The van der Waals surface area contributed by atoms with Crippen molar-refractivity contribution in [2.45, 2.75) is 6.04 Å². The number of nitrogens with two attached hydrogens (primary N) is 1. The highest BCUT2D eigenvalue weighted by molar-refractivity contribution is 6.28. The summed E-state index contributed by atoms with van der Waals surface area (Å²) in [6.45, 7) is 0. The highest BCUT2D eigenvalue weighted by Gasteiger charge is 2.24. The van der Waals surface area contributed by atoms with Crippen LogP contribution in [0.2, 0.25) is 5.22 Å². The molecule has 17 heavy (non-hydrogen) atoms. The molecule has 2 aromatic rings. The summed E-state index contributed by atoms with van der Waals surface area (Å²) in [5.74, 6) is 6.77. The molecular formula is C10H13ClN4O2. The zero-order chi connectivity index (χ0) is 12.4. The normalized spacial score (nSPS) is 12.7. The maximum absolute atomic E-state index is 5.75. The molecule has 2 rings (SSSR count). The molecule has 0 aliphatic heterocycles. The van der Waals surface area contributed by atoms with E-state index in [-0.39, 0.29) is 6.04 Å². The number of nitrogens with one attached hydrogen (secondary N) is 1. The molecule has 6 nitrogen and oxygen atoms in total. The van der Waals surface area contributed by atoms with Gasteiger partial charge in [0.2, 0.25) is 0 Å². The number of hydrazine groups is 1. The van der Waals surface area contributed by atoms with Crippen LogP contribution in [0.25, 0.3) is 0 Å². The molecule has 0 aliphatic rings. The minimum atomic E-state index is -0.370. The van der Waals surface area contributed by atoms with Crippen molar-refractivity contribution in [2.24, 2.45) is 12.9 Å². The van der Waals surface area contributed by atoms with Crippen LogP contribution in [0.1, 0.15) is 17.5 Å². The first-order valence-electron chi connectivity index (χ1n) is 4.94. The molecular weight excluding hydrogens is 244 g/mol. The van der Waals surface area contributed by atoms with Crippen LogP contribution >= 0.6 is 11.6 Å². The molecule has 0 bridgehead atoms. The predicted molar refractivity (Wildman–Crippen MR) is 62.6 cm³/mol. The zero-order valence-corrected chi connectivity index (χ0v) is 10.2. The van der Waals surface area contributed by atoms with E-state index < -0.39 is 0 Å². The molecule has 2 aromatic heterocycles. The Morgan fingerprint density at radius 3 is 2.88 bits per heavy atom. The average molecular weight is 257 g/mol. The van der Waals surface area contributed by atoms with E-state index in [2.05, 4.69) is 10.5 Å². The Hall–Kier alpha value is -1.50. The topological polar surface area (TPSA) is 78.2 Å². The molecule has 0 saturated carbocycles. The number of aryl methyl sites for hydroxylation is 1. The number of aromatic nitrogens is 2. The van der Waals surface area contributed by atoms with E-state index in [4.69, 9.17) is 26.6 Å². The number of hydrogen-bond donors (Lipinski definition) is 2. The Balaban J connectivity index is 2.44. The molecule has 0 fully saturated rings. The summed E-state index contributed by atoms with van der Waals surface area (Å²) in [5, 5.41) is 4.42. The number of furan rings is 1. The second-order valence-corrected chi connectivity index (χ2v) is 3.84. The third-order valence-corrected chi connectivity index (χ3v) is 2.69. The van der Waals surface area contributed by atoms with E-state index >= 15 is 0 Å². The minimum absolute atomic E-state index is 0.307. The molecule has 0 aliphatic carbocycles. The van der Waals surface area contributed by atoms with Gasteiger partial charge < -0.3 is 9.15 Å². The van der Waals surface area contributed by atoms with Crippen LogP contribution < -0.4 is 16.0 Å². The van der Waals surface area contributed by atoms with Crippen LogP contribution in [0.5, 0.6) is 5.75 Å². The lowest BCUT2D eigenvalue weighted by molar-refractivity contribution is 0.387. The molecule has 7 heteroatoms. The number of methoxy groups -OCH3 is 1. The number of ether oxygens (including phenoxy) is 1. The second kappa shape index (κ2) is 4.79. The van der Waals surface area contributed by atoms with Crippen molar-refractivity contribution in [3.05, 3.63) is 35.0 Å². The van der Waals surface area contributed by atoms with Gasteiger partial charge in [-0.05, 0) is 23.7 Å². The quantitative estimate of drug-likeness (QED) is 0.635. The number of rotatable bonds is 4. The Bertz CT molecular complexity index is 508. The van der Waals surface area contributed by atoms with Crippen molar-refractivity contribution < 1.29 is 9.15 Å². The Kier molecular flexibility index (Phi) is 3.37. The molecule has 0 spiro atoms. The van der Waals surface area contributed by atoms with Crippen LogP contribution in [-0.4, -0.2) is 16.9 Å². The highest BCUT2D eigenvalue weighted by atomic mass is 35.5. The van der Waals surface area contributed by atoms with Crippen molar-refractivity contribution in [3.8, 4) is 5.75 Å². The van der Waals surface area contributed by atoms with Gasteiger partial charge in [0.15, 0.2) is 11.0 Å². The molecule has 3 N–H and O–H groups in total. The monoisotopic (exact) mass is 256 g/mol. The van der Waals surface area contributed by atoms with Crippen LogP contribution in [0.15, 0.2) is 22.7 Å². The summed E-state index contributed by atoms with van der Waals surface area (Å²) in [5.41, 5.74) is 3.42. The van der Waals surface area contributed by atoms with Crippen molar-refractivity contribution in [1.82, 2.24) is 15.2 Å². The van der Waals surface area contributed by atoms with E-state index in [0.717, 1.165) is 5.69 Å². The van der Waals surface area contributed by atoms with Gasteiger partial charge in [-0.15, -0.1) is 0 Å². The summed E-state index contributed by atoms with van der Waals surface area (Å²) in [6.07, 6.45) is 1.62. The lowest BCUT2D eigenvalue weighted by Crippen LogP contribution is -2.30. The highest BCUT2D eigenvalue weighted by Crippen LogP contribution is 2.30. The van der Waals surface area contributed by atoms with Crippen molar-refractivity contribution in [3.63, 3.8) is 0 Å². The summed E-state index contributed by atoms with van der Waals surface area (Å²) >= 11 is 5.75. The summed E-state index contributed by atoms with van der Waals surface area (Å²) < 4.78 is 12.2. The minimum Gasteiger partial charge on any atom is -0.493 e. The first-order chi connectivity index (χ1) is 8.17. The fraction of sp³-hybridized carbons (Fsp3) is 0.300. The van der Waals surface area contributed by atoms with Crippen LogP contribution in [-0.2, 0) is 7.05 Å². The van der Waals surface area contributed by atoms with E-state index in [0.29, 0.717) is 16.7 Å². The lowest BCUT2D eigenvalue weighted by atomic mass is 10.1. The lowest BCUT2D eigenvalue weighted by Gasteiger charge is -2.15. The third kappa shape index (κ3) is 2.14. The summed E-state index contributed by atoms with van der Waals surface area (Å²) in [6, 6.07) is 3.04. The molecule has 2 heterocycles. The number of hydrogen-bond acceptors (Lipinski definition) is 5. The first kappa shape index (κ1) is 12.0. The maximum atomic E-state index is 5.75. The number of halogens is 1. The van der Waals surface area contributed by atoms with E-state index in [9.17, 15) is 0 Å². The summed E-state index contributed by atoms with van der Waals surface area (Å²) in [4.78, 5) is 0. The predicted octanol–water partition coefficient (Wildman–Crippen LogP) is 1.23. The molecule has 0 saturated heterocycles. The third-order valence-electron chi connectivity index (χ3n) is 2.49. The van der Waals surface area contributed by atoms with Gasteiger partial charge in [0.05, 0.1) is 13.3 Å². The Morgan fingerprint density at radius 1 is 1.59 bits per heavy atom. The largest absolute Gasteiger partial charge is 0.493 e. The Morgan fingerprint density at radius 2 is 2.35 bits per heavy atom. The molecule has 0 radical (unpaired) electrons. The molecule has 1 atom stereocenters. The van der Waals surface area contributed by atoms with Gasteiger partial charge in [0.1, 0.15) is 17.5 Å². The van der Waals surface area contributed by atoms with Crippen molar-refractivity contribution in [1.29, 1.82) is 0 Å². The fourth-order valence-electron chi connectivity index (χ4n) is 1.69. The van der Waals surface area contributed by atoms with E-state index in [1.807, 2.05) is 0 Å². The van der Waals surface area contributed by atoms with Crippen LogP contribution in [0.3, 0.4) is 0 Å². The Labute approximate surface area is 103 Å². The van der Waals surface area contributed by atoms with Gasteiger partial charge in [-0.3, -0.25) is 10.5 Å². The van der Waals surface area contributed by atoms with E-state index in [1.54, 1.807) is 37.2 Å². The molecule has 0 amide bonds. The SMILES string of the molecule is COc1cnn(C)c1C(NN)c1ccc(Cl)o1. The first-order valence-corrected chi connectivity index (χ1v) is 5.32. The molecule has 0 aromatic carbocycles. The molecule has 92 valence electrons. The smallest absolute Gasteiger partial charge is 0.193 e. The van der Waals surface area contributed by atoms with Gasteiger partial charge in [-0.1, -0.05) is 0 Å². The van der Waals surface area contributed by atoms with Gasteiger partial charge >= 0.3 is 0 Å². The van der Waals surface area contributed by atoms with E-state index in [1.165, 1.54) is 0 Å². The van der Waals surface area contributed by atoms with Gasteiger partial charge in [-0.25, -0.2) is 5.43 Å². The maximum Gasteiger partial charge on any atom is 0.193 e. The van der Waals surface area contributed by atoms with Gasteiger partial charge in [0, 0.05) is 7.05 Å². The van der Waals surface area contributed by atoms with Gasteiger partial charge in [-0.2, -0.15) is 5.10 Å². The molecule has 1 unspecified atom stereocenters.